The van der Waals surface area contributed by atoms with Crippen LogP contribution >= 0.6 is 0 Å². The van der Waals surface area contributed by atoms with Crippen molar-refractivity contribution in [2.45, 2.75) is 139 Å². The van der Waals surface area contributed by atoms with Crippen molar-refractivity contribution in [3.05, 3.63) is 0 Å². The Hall–Kier alpha value is 1.80. The molecule has 39 heavy (non-hydrogen) atoms. The first-order valence-electron chi connectivity index (χ1n) is 13.1. The molecule has 0 amide bonds. The molecule has 0 aliphatic rings. The maximum atomic E-state index is 11.0. The number of hydrogen-bond donors (Lipinski definition) is 2. The van der Waals surface area contributed by atoms with Gasteiger partial charge in [0.25, 0.3) is 0 Å². The molecule has 3 radical (unpaired) electrons. The first-order valence-corrected chi connectivity index (χ1v) is 20.4. The SMILES string of the molecule is CC(C)[O][Al-]([O][Si@@H](OC(C)C)O[Si](O)(OC(C)C)OC(C)C)[O][Si]([OH2+])(OC(C)C)OC(C)C.CC(C)[Si]O.[ZrH2]. The van der Waals surface area contributed by atoms with Gasteiger partial charge in [0.1, 0.15) is 0 Å². The normalized spacial score (nSPS) is 13.8. The zero-order chi connectivity index (χ0) is 30.3. The topological polar surface area (TPSA) is 146 Å². The van der Waals surface area contributed by atoms with Crippen molar-refractivity contribution < 1.29 is 77.6 Å². The third kappa shape index (κ3) is 27.1. The van der Waals surface area contributed by atoms with Crippen molar-refractivity contribution in [3.63, 3.8) is 0 Å². The second-order valence-electron chi connectivity index (χ2n) is 10.3. The van der Waals surface area contributed by atoms with Gasteiger partial charge >= 0.3 is 69.0 Å². The van der Waals surface area contributed by atoms with Gasteiger partial charge in [-0.05, 0) is 94.7 Å². The van der Waals surface area contributed by atoms with E-state index in [2.05, 4.69) is 0 Å². The van der Waals surface area contributed by atoms with Crippen LogP contribution in [0.15, 0.2) is 0 Å². The van der Waals surface area contributed by atoms with Gasteiger partial charge in [-0.25, -0.2) is 0 Å². The van der Waals surface area contributed by atoms with Crippen molar-refractivity contribution in [1.82, 2.24) is 0 Å². The van der Waals surface area contributed by atoms with E-state index in [9.17, 15) is 4.80 Å². The molecule has 0 rings (SSSR count). The number of rotatable bonds is 19. The van der Waals surface area contributed by atoms with Crippen LogP contribution in [-0.4, -0.2) is 104 Å². The molecule has 0 saturated carbocycles. The zero-order valence-electron chi connectivity index (χ0n) is 26.5. The van der Waals surface area contributed by atoms with Crippen LogP contribution in [0.5, 0.6) is 0 Å². The van der Waals surface area contributed by atoms with Crippen LogP contribution in [0, 0.1) is 0 Å². The number of hydrogen-bond acceptors (Lipinski definition) is 11. The Bertz CT molecular complexity index is 531. The van der Waals surface area contributed by atoms with Gasteiger partial charge < -0.3 is 51.4 Å². The van der Waals surface area contributed by atoms with Crippen molar-refractivity contribution >= 4 is 52.5 Å². The fourth-order valence-corrected chi connectivity index (χ4v) is 11.8. The molecule has 0 aromatic carbocycles. The van der Waals surface area contributed by atoms with E-state index in [4.69, 9.17) is 46.6 Å². The molecule has 12 nitrogen and oxygen atoms in total. The molecular weight excluding hydrogens is 675 g/mol. The van der Waals surface area contributed by atoms with E-state index in [1.165, 1.54) is 0 Å². The summed E-state index contributed by atoms with van der Waals surface area (Å²) in [5, 5.41) is 0. The van der Waals surface area contributed by atoms with E-state index >= 15 is 0 Å². The first kappa shape index (κ1) is 45.2. The van der Waals surface area contributed by atoms with Crippen LogP contribution in [0.25, 0.3) is 0 Å². The van der Waals surface area contributed by atoms with Gasteiger partial charge in [-0.1, -0.05) is 13.8 Å². The molecular formula is C21H56AlO12Si4Zr. The van der Waals surface area contributed by atoms with Gasteiger partial charge in [0, 0.05) is 18.3 Å². The predicted molar refractivity (Wildman–Crippen MR) is 157 cm³/mol. The summed E-state index contributed by atoms with van der Waals surface area (Å²) in [6.45, 7) is 25.5. The Morgan fingerprint density at radius 1 is 0.692 bits per heavy atom. The molecule has 1 atom stereocenters. The molecule has 4 N–H and O–H groups in total. The molecule has 0 spiro atoms. The van der Waals surface area contributed by atoms with Crippen molar-refractivity contribution in [2.75, 3.05) is 0 Å². The summed E-state index contributed by atoms with van der Waals surface area (Å²) >= 11 is -3.08. The molecule has 0 aliphatic heterocycles. The summed E-state index contributed by atoms with van der Waals surface area (Å²) < 4.78 is 52.2. The summed E-state index contributed by atoms with van der Waals surface area (Å²) in [6, 6.07) is 0. The van der Waals surface area contributed by atoms with Gasteiger partial charge in [0.2, 0.25) is 9.76 Å². The monoisotopic (exact) mass is 729 g/mol. The predicted octanol–water partition coefficient (Wildman–Crippen LogP) is 1.76. The molecule has 235 valence electrons. The van der Waals surface area contributed by atoms with Crippen LogP contribution in [0.1, 0.15) is 96.9 Å². The standard InChI is InChI=1S/C9H23O6Si2.C6H15O4Si.C3H8OSi.C3H7O.Al.Zr.2H/c1-7(2)12-16(10)15-17(11,13-8(3)4)14-9(5)6;1-5(2)9-11(7,8)10-6(3)4;1-3(2)5-4;1-3(2)4;;;;/h7-9,11,16H,1-6H3;5-7H,1-4H3;3-4H,1-2H3;3H,1-2H3;;;;/q2*-1;;-1;+2;;;/p+1/t16-;;;;;;;/m0......./s1. The van der Waals surface area contributed by atoms with E-state index in [0.29, 0.717) is 5.54 Å². The van der Waals surface area contributed by atoms with E-state index in [1.54, 1.807) is 55.4 Å². The zero-order valence-corrected chi connectivity index (χ0v) is 35.3. The molecule has 0 bridgehead atoms. The Balaban J connectivity index is -0.00000196. The average molecular weight is 731 g/mol. The van der Waals surface area contributed by atoms with E-state index < -0.39 is 42.8 Å². The Labute approximate surface area is 267 Å². The quantitative estimate of drug-likeness (QED) is 0.148. The van der Waals surface area contributed by atoms with Crippen LogP contribution in [0.4, 0.5) is 0 Å². The molecule has 0 aromatic heterocycles. The molecule has 0 aromatic rings. The molecule has 18 heteroatoms. The fourth-order valence-electron chi connectivity index (χ4n) is 2.34. The second kappa shape index (κ2) is 23.2. The molecule has 0 saturated heterocycles. The minimum absolute atomic E-state index is 0. The second-order valence-corrected chi connectivity index (χ2v) is 19.5. The van der Waals surface area contributed by atoms with Gasteiger partial charge in [-0.15, -0.1) is 0 Å². The summed E-state index contributed by atoms with van der Waals surface area (Å²) in [7, 11) is -11.0. The Morgan fingerprint density at radius 3 is 1.36 bits per heavy atom. The Kier molecular flexibility index (Phi) is 26.9. The fraction of sp³-hybridized carbons (Fsp3) is 1.00. The van der Waals surface area contributed by atoms with Crippen molar-refractivity contribution in [3.8, 4) is 0 Å². The summed E-state index contributed by atoms with van der Waals surface area (Å²) in [6.07, 6.45) is -1.83. The third-order valence-corrected chi connectivity index (χ3v) is 14.2. The summed E-state index contributed by atoms with van der Waals surface area (Å²) in [5.74, 6) is 0. The van der Waals surface area contributed by atoms with Crippen LogP contribution in [-0.2, 0) is 63.2 Å². The third-order valence-electron chi connectivity index (χ3n) is 3.29. The molecule has 0 heterocycles. The van der Waals surface area contributed by atoms with Crippen LogP contribution in [0.3, 0.4) is 0 Å². The van der Waals surface area contributed by atoms with Crippen molar-refractivity contribution in [2.24, 2.45) is 0 Å². The maximum absolute atomic E-state index is 11.0. The Morgan fingerprint density at radius 2 is 1.08 bits per heavy atom. The van der Waals surface area contributed by atoms with Gasteiger partial charge in [-0.2, -0.15) is 0 Å². The van der Waals surface area contributed by atoms with Gasteiger partial charge in [-0.3, -0.25) is 0 Å². The van der Waals surface area contributed by atoms with Crippen LogP contribution in [0.2, 0.25) is 5.54 Å². The molecule has 0 fully saturated rings. The summed E-state index contributed by atoms with van der Waals surface area (Å²) in [4.78, 5) is 27.9. The summed E-state index contributed by atoms with van der Waals surface area (Å²) in [5.41, 5.74) is 0.468. The van der Waals surface area contributed by atoms with Gasteiger partial charge in [0.15, 0.2) is 0 Å². The first-order chi connectivity index (χ1) is 17.2. The molecule has 0 unspecified atom stereocenters. The average Bonchev–Trinajstić information content (AvgIpc) is 2.63. The van der Waals surface area contributed by atoms with Crippen LogP contribution < -0.4 is 0 Å². The van der Waals surface area contributed by atoms with E-state index in [0.717, 1.165) is 0 Å². The molecule has 0 aliphatic carbocycles. The van der Waals surface area contributed by atoms with E-state index in [1.807, 2.05) is 41.5 Å². The van der Waals surface area contributed by atoms with Gasteiger partial charge in [0.05, 0.1) is 12.2 Å². The van der Waals surface area contributed by atoms with E-state index in [-0.39, 0.29) is 72.6 Å². The minimum atomic E-state index is -4.10. The van der Waals surface area contributed by atoms with Crippen molar-refractivity contribution in [1.29, 1.82) is 0 Å².